The largest absolute Gasteiger partial charge is 0.354 e. The molecule has 2 aliphatic heterocycles. The standard InChI is InChI=1S/C20H28N4O2S/c1-2-22-12-14-23(15-13-22)20-9-6-17-16-18(7-8-19(17)21-20)27(25,26)24-10-4-3-5-11-24/h6-9,16H,2-5,10-15H2,1H3. The number of hydrogen-bond donors (Lipinski definition) is 0. The van der Waals surface area contributed by atoms with E-state index in [0.717, 1.165) is 68.7 Å². The van der Waals surface area contributed by atoms with Gasteiger partial charge in [0.25, 0.3) is 0 Å². The lowest BCUT2D eigenvalue weighted by molar-refractivity contribution is 0.270. The second kappa shape index (κ2) is 7.73. The van der Waals surface area contributed by atoms with Crippen LogP contribution >= 0.6 is 0 Å². The summed E-state index contributed by atoms with van der Waals surface area (Å²) in [5, 5.41) is 0.879. The second-order valence-electron chi connectivity index (χ2n) is 7.41. The van der Waals surface area contributed by atoms with E-state index in [0.29, 0.717) is 18.0 Å². The van der Waals surface area contributed by atoms with Crippen LogP contribution in [0.2, 0.25) is 0 Å². The molecule has 3 heterocycles. The van der Waals surface area contributed by atoms with Gasteiger partial charge < -0.3 is 9.80 Å². The van der Waals surface area contributed by atoms with Crippen LogP contribution in [0.15, 0.2) is 35.2 Å². The van der Waals surface area contributed by atoms with Crippen molar-refractivity contribution in [1.82, 2.24) is 14.2 Å². The number of aromatic nitrogens is 1. The highest BCUT2D eigenvalue weighted by atomic mass is 32.2. The predicted molar refractivity (Wildman–Crippen MR) is 109 cm³/mol. The average Bonchev–Trinajstić information content (AvgIpc) is 2.73. The Balaban J connectivity index is 1.57. The van der Waals surface area contributed by atoms with Crippen LogP contribution in [0, 0.1) is 0 Å². The highest BCUT2D eigenvalue weighted by Gasteiger charge is 2.26. The zero-order chi connectivity index (χ0) is 18.9. The van der Waals surface area contributed by atoms with Crippen molar-refractivity contribution in [2.75, 3.05) is 50.7 Å². The molecule has 6 nitrogen and oxygen atoms in total. The van der Waals surface area contributed by atoms with Crippen LogP contribution in [-0.4, -0.2) is 68.4 Å². The molecule has 27 heavy (non-hydrogen) atoms. The van der Waals surface area contributed by atoms with E-state index in [-0.39, 0.29) is 0 Å². The Morgan fingerprint density at radius 1 is 0.926 bits per heavy atom. The van der Waals surface area contributed by atoms with Crippen LogP contribution in [-0.2, 0) is 10.0 Å². The Kier molecular flexibility index (Phi) is 5.34. The predicted octanol–water partition coefficient (Wildman–Crippen LogP) is 2.55. The Hall–Kier alpha value is -1.70. The lowest BCUT2D eigenvalue weighted by atomic mass is 10.2. The van der Waals surface area contributed by atoms with Gasteiger partial charge in [-0.3, -0.25) is 0 Å². The highest BCUT2D eigenvalue weighted by molar-refractivity contribution is 7.89. The summed E-state index contributed by atoms with van der Waals surface area (Å²) >= 11 is 0. The van der Waals surface area contributed by atoms with E-state index in [1.165, 1.54) is 0 Å². The summed E-state index contributed by atoms with van der Waals surface area (Å²) in [6.07, 6.45) is 3.01. The molecule has 146 valence electrons. The number of piperidine rings is 1. The van der Waals surface area contributed by atoms with Gasteiger partial charge in [-0.25, -0.2) is 13.4 Å². The van der Waals surface area contributed by atoms with Gasteiger partial charge in [0.1, 0.15) is 5.82 Å². The Bertz CT molecular complexity index is 901. The molecule has 1 aromatic carbocycles. The normalized spacial score (nSPS) is 20.3. The number of benzene rings is 1. The summed E-state index contributed by atoms with van der Waals surface area (Å²) in [5.41, 5.74) is 0.850. The van der Waals surface area contributed by atoms with E-state index in [9.17, 15) is 8.42 Å². The fourth-order valence-corrected chi connectivity index (χ4v) is 5.53. The smallest absolute Gasteiger partial charge is 0.243 e. The number of nitrogens with zero attached hydrogens (tertiary/aromatic N) is 4. The van der Waals surface area contributed by atoms with Crippen molar-refractivity contribution in [3.05, 3.63) is 30.3 Å². The lowest BCUT2D eigenvalue weighted by Crippen LogP contribution is -2.46. The molecule has 0 amide bonds. The van der Waals surface area contributed by atoms with Gasteiger partial charge in [0.2, 0.25) is 10.0 Å². The fraction of sp³-hybridized carbons (Fsp3) is 0.550. The molecule has 2 aromatic rings. The molecule has 0 spiro atoms. The van der Waals surface area contributed by atoms with Crippen LogP contribution in [0.5, 0.6) is 0 Å². The molecule has 2 saturated heterocycles. The third-order valence-corrected chi connectivity index (χ3v) is 7.64. The minimum Gasteiger partial charge on any atom is -0.354 e. The molecule has 0 atom stereocenters. The van der Waals surface area contributed by atoms with Crippen molar-refractivity contribution in [1.29, 1.82) is 0 Å². The molecule has 7 heteroatoms. The topological polar surface area (TPSA) is 56.8 Å². The quantitative estimate of drug-likeness (QED) is 0.806. The number of sulfonamides is 1. The third kappa shape index (κ3) is 3.81. The molecule has 2 aliphatic rings. The van der Waals surface area contributed by atoms with E-state index in [4.69, 9.17) is 4.98 Å². The van der Waals surface area contributed by atoms with Crippen LogP contribution in [0.3, 0.4) is 0 Å². The number of pyridine rings is 1. The van der Waals surface area contributed by atoms with Gasteiger partial charge >= 0.3 is 0 Å². The van der Waals surface area contributed by atoms with Gasteiger partial charge in [0, 0.05) is 44.7 Å². The van der Waals surface area contributed by atoms with Gasteiger partial charge in [0.05, 0.1) is 10.4 Å². The van der Waals surface area contributed by atoms with Crippen LogP contribution < -0.4 is 4.90 Å². The van der Waals surface area contributed by atoms with E-state index < -0.39 is 10.0 Å². The molecule has 0 unspecified atom stereocenters. The van der Waals surface area contributed by atoms with Crippen LogP contribution in [0.4, 0.5) is 5.82 Å². The maximum atomic E-state index is 12.9. The van der Waals surface area contributed by atoms with Crippen LogP contribution in [0.25, 0.3) is 10.9 Å². The van der Waals surface area contributed by atoms with Crippen molar-refractivity contribution >= 4 is 26.7 Å². The van der Waals surface area contributed by atoms with Crippen molar-refractivity contribution < 1.29 is 8.42 Å². The van der Waals surface area contributed by atoms with E-state index in [1.54, 1.807) is 16.4 Å². The molecule has 0 radical (unpaired) electrons. The zero-order valence-corrected chi connectivity index (χ0v) is 16.8. The van der Waals surface area contributed by atoms with Crippen molar-refractivity contribution in [2.24, 2.45) is 0 Å². The maximum Gasteiger partial charge on any atom is 0.243 e. The first-order valence-corrected chi connectivity index (χ1v) is 11.4. The summed E-state index contributed by atoms with van der Waals surface area (Å²) in [7, 11) is -3.40. The number of hydrogen-bond acceptors (Lipinski definition) is 5. The first kappa shape index (κ1) is 18.7. The van der Waals surface area contributed by atoms with E-state index in [2.05, 4.69) is 16.7 Å². The van der Waals surface area contributed by atoms with Crippen molar-refractivity contribution in [3.63, 3.8) is 0 Å². The zero-order valence-electron chi connectivity index (χ0n) is 16.0. The van der Waals surface area contributed by atoms with Gasteiger partial charge in [-0.2, -0.15) is 4.31 Å². The van der Waals surface area contributed by atoms with Crippen molar-refractivity contribution in [2.45, 2.75) is 31.1 Å². The van der Waals surface area contributed by atoms with E-state index >= 15 is 0 Å². The monoisotopic (exact) mass is 388 g/mol. The summed E-state index contributed by atoms with van der Waals surface area (Å²) in [4.78, 5) is 9.91. The first-order chi connectivity index (χ1) is 13.1. The number of likely N-dealkylation sites (N-methyl/N-ethyl adjacent to an activating group) is 1. The molecular formula is C20H28N4O2S. The average molecular weight is 389 g/mol. The van der Waals surface area contributed by atoms with Gasteiger partial charge in [0.15, 0.2) is 0 Å². The molecule has 2 fully saturated rings. The first-order valence-electron chi connectivity index (χ1n) is 9.96. The minimum absolute atomic E-state index is 0.378. The highest BCUT2D eigenvalue weighted by Crippen LogP contribution is 2.25. The van der Waals surface area contributed by atoms with Gasteiger partial charge in [-0.05, 0) is 49.7 Å². The van der Waals surface area contributed by atoms with Gasteiger partial charge in [-0.15, -0.1) is 0 Å². The fourth-order valence-electron chi connectivity index (χ4n) is 3.98. The second-order valence-corrected chi connectivity index (χ2v) is 9.35. The minimum atomic E-state index is -3.40. The van der Waals surface area contributed by atoms with Gasteiger partial charge in [-0.1, -0.05) is 13.3 Å². The van der Waals surface area contributed by atoms with Crippen LogP contribution in [0.1, 0.15) is 26.2 Å². The molecule has 0 bridgehead atoms. The van der Waals surface area contributed by atoms with Crippen molar-refractivity contribution in [3.8, 4) is 0 Å². The Labute approximate surface area is 161 Å². The molecule has 0 N–H and O–H groups in total. The summed E-state index contributed by atoms with van der Waals surface area (Å²) in [5.74, 6) is 0.977. The summed E-state index contributed by atoms with van der Waals surface area (Å²) in [6.45, 7) is 8.61. The summed E-state index contributed by atoms with van der Waals surface area (Å²) in [6, 6.07) is 9.33. The number of rotatable bonds is 4. The number of fused-ring (bicyclic) bond motifs is 1. The molecule has 1 aromatic heterocycles. The maximum absolute atomic E-state index is 12.9. The molecule has 0 aliphatic carbocycles. The lowest BCUT2D eigenvalue weighted by Gasteiger charge is -2.34. The summed E-state index contributed by atoms with van der Waals surface area (Å²) < 4.78 is 27.4. The molecule has 0 saturated carbocycles. The third-order valence-electron chi connectivity index (χ3n) is 5.74. The number of anilines is 1. The Morgan fingerprint density at radius 2 is 1.67 bits per heavy atom. The van der Waals surface area contributed by atoms with E-state index in [1.807, 2.05) is 18.2 Å². The number of piperazine rings is 1. The SMILES string of the molecule is CCN1CCN(c2ccc3cc(S(=O)(=O)N4CCCCC4)ccc3n2)CC1. The Morgan fingerprint density at radius 3 is 2.37 bits per heavy atom. The molecular weight excluding hydrogens is 360 g/mol. The molecule has 4 rings (SSSR count).